The van der Waals surface area contributed by atoms with Crippen molar-refractivity contribution in [1.29, 1.82) is 0 Å². The van der Waals surface area contributed by atoms with Gasteiger partial charge in [-0.15, -0.1) is 0 Å². The second-order valence-corrected chi connectivity index (χ2v) is 8.31. The van der Waals surface area contributed by atoms with Crippen molar-refractivity contribution in [2.24, 2.45) is 16.7 Å². The minimum atomic E-state index is -3.46. The van der Waals surface area contributed by atoms with E-state index in [1.54, 1.807) is 0 Å². The normalized spacial score (nSPS) is 42.9. The van der Waals surface area contributed by atoms with E-state index in [1.807, 2.05) is 0 Å². The lowest BCUT2D eigenvalue weighted by Crippen LogP contribution is -2.43. The van der Waals surface area contributed by atoms with Crippen LogP contribution in [0.3, 0.4) is 0 Å². The standard InChI is InChI=1S/C13H19NO3S/c1-4-11(15)14-10-7-9-5-6-13(10,12(9,2)3)8-18(14,16)17/h4,9-10H,1,5-8H2,2-3H3/t9-,10+,13+/m0/s1. The summed E-state index contributed by atoms with van der Waals surface area (Å²) in [7, 11) is -3.46. The molecule has 3 fully saturated rings. The van der Waals surface area contributed by atoms with Crippen LogP contribution in [0, 0.1) is 16.7 Å². The molecule has 2 aliphatic carbocycles. The lowest BCUT2D eigenvalue weighted by molar-refractivity contribution is -0.124. The molecule has 1 saturated heterocycles. The molecule has 100 valence electrons. The van der Waals surface area contributed by atoms with Gasteiger partial charge in [0.1, 0.15) is 0 Å². The highest BCUT2D eigenvalue weighted by atomic mass is 32.2. The summed E-state index contributed by atoms with van der Waals surface area (Å²) in [6, 6.07) is -0.137. The Morgan fingerprint density at radius 3 is 2.67 bits per heavy atom. The molecule has 0 unspecified atom stereocenters. The average molecular weight is 269 g/mol. The maximum Gasteiger partial charge on any atom is 0.259 e. The summed E-state index contributed by atoms with van der Waals surface area (Å²) in [6.07, 6.45) is 3.96. The van der Waals surface area contributed by atoms with E-state index in [0.29, 0.717) is 5.92 Å². The molecule has 2 saturated carbocycles. The number of fused-ring (bicyclic) bond motifs is 1. The lowest BCUT2D eigenvalue weighted by atomic mass is 9.69. The Hall–Kier alpha value is -0.840. The van der Waals surface area contributed by atoms with Gasteiger partial charge in [0.25, 0.3) is 5.91 Å². The minimum Gasteiger partial charge on any atom is -0.269 e. The van der Waals surface area contributed by atoms with E-state index < -0.39 is 15.9 Å². The van der Waals surface area contributed by atoms with Gasteiger partial charge in [-0.3, -0.25) is 4.79 Å². The van der Waals surface area contributed by atoms with Crippen LogP contribution in [0.2, 0.25) is 0 Å². The topological polar surface area (TPSA) is 54.5 Å². The van der Waals surface area contributed by atoms with Crippen LogP contribution in [-0.2, 0) is 14.8 Å². The van der Waals surface area contributed by atoms with E-state index in [1.165, 1.54) is 0 Å². The van der Waals surface area contributed by atoms with Gasteiger partial charge in [-0.2, -0.15) is 0 Å². The summed E-state index contributed by atoms with van der Waals surface area (Å²) < 4.78 is 25.7. The molecule has 4 nitrogen and oxygen atoms in total. The van der Waals surface area contributed by atoms with E-state index in [9.17, 15) is 13.2 Å². The maximum atomic E-state index is 12.3. The Balaban J connectivity index is 2.14. The molecular weight excluding hydrogens is 250 g/mol. The van der Waals surface area contributed by atoms with Gasteiger partial charge in [0, 0.05) is 5.41 Å². The Kier molecular flexibility index (Phi) is 2.16. The van der Waals surface area contributed by atoms with Crippen molar-refractivity contribution in [3.63, 3.8) is 0 Å². The monoisotopic (exact) mass is 269 g/mol. The zero-order valence-corrected chi connectivity index (χ0v) is 11.7. The zero-order chi connectivity index (χ0) is 13.3. The first-order valence-corrected chi connectivity index (χ1v) is 8.06. The van der Waals surface area contributed by atoms with Crippen molar-refractivity contribution in [3.8, 4) is 0 Å². The van der Waals surface area contributed by atoms with E-state index in [0.717, 1.165) is 29.6 Å². The Labute approximate surface area is 108 Å². The van der Waals surface area contributed by atoms with E-state index in [-0.39, 0.29) is 22.6 Å². The first-order valence-electron chi connectivity index (χ1n) is 6.45. The van der Waals surface area contributed by atoms with Crippen LogP contribution in [0.15, 0.2) is 12.7 Å². The van der Waals surface area contributed by atoms with E-state index in [2.05, 4.69) is 20.4 Å². The van der Waals surface area contributed by atoms with Crippen molar-refractivity contribution in [1.82, 2.24) is 4.31 Å². The first-order chi connectivity index (χ1) is 8.26. The molecule has 2 bridgehead atoms. The van der Waals surface area contributed by atoms with Gasteiger partial charge in [0.05, 0.1) is 11.8 Å². The molecule has 1 heterocycles. The van der Waals surface area contributed by atoms with Gasteiger partial charge in [-0.05, 0) is 36.7 Å². The van der Waals surface area contributed by atoms with Crippen molar-refractivity contribution in [2.45, 2.75) is 39.2 Å². The fourth-order valence-electron chi connectivity index (χ4n) is 4.67. The smallest absolute Gasteiger partial charge is 0.259 e. The second kappa shape index (κ2) is 3.18. The van der Waals surface area contributed by atoms with Crippen LogP contribution in [0.4, 0.5) is 0 Å². The number of hydrogen-bond acceptors (Lipinski definition) is 3. The van der Waals surface area contributed by atoms with Crippen LogP contribution in [0.5, 0.6) is 0 Å². The van der Waals surface area contributed by atoms with E-state index >= 15 is 0 Å². The molecule has 5 heteroatoms. The number of carbonyl (C=O) groups is 1. The number of carbonyl (C=O) groups excluding carboxylic acids is 1. The molecule has 3 atom stereocenters. The number of amides is 1. The van der Waals surface area contributed by atoms with Crippen molar-refractivity contribution < 1.29 is 13.2 Å². The van der Waals surface area contributed by atoms with Gasteiger partial charge in [0.2, 0.25) is 10.0 Å². The maximum absolute atomic E-state index is 12.3. The van der Waals surface area contributed by atoms with Crippen molar-refractivity contribution >= 4 is 15.9 Å². The summed E-state index contributed by atoms with van der Waals surface area (Å²) in [5, 5.41) is 0. The fourth-order valence-corrected chi connectivity index (χ4v) is 7.19. The van der Waals surface area contributed by atoms with Crippen LogP contribution in [0.1, 0.15) is 33.1 Å². The largest absolute Gasteiger partial charge is 0.269 e. The molecule has 3 rings (SSSR count). The summed E-state index contributed by atoms with van der Waals surface area (Å²) in [5.74, 6) is 0.214. The number of rotatable bonds is 1. The van der Waals surface area contributed by atoms with Gasteiger partial charge in [-0.25, -0.2) is 12.7 Å². The summed E-state index contributed by atoms with van der Waals surface area (Å²) in [6.45, 7) is 7.76. The first kappa shape index (κ1) is 12.2. The molecule has 1 amide bonds. The fraction of sp³-hybridized carbons (Fsp3) is 0.769. The highest BCUT2D eigenvalue weighted by Gasteiger charge is 2.72. The SMILES string of the molecule is C=CC(=O)N1[C@@H]2C[C@@H]3CC[C@]2(CS1(=O)=O)C3(C)C. The Bertz CT molecular complexity index is 536. The number of sulfonamides is 1. The summed E-state index contributed by atoms with van der Waals surface area (Å²) in [5.41, 5.74) is -0.212. The lowest BCUT2D eigenvalue weighted by Gasteiger charge is -2.36. The number of nitrogens with zero attached hydrogens (tertiary/aromatic N) is 1. The number of hydrogen-bond donors (Lipinski definition) is 0. The molecule has 0 aromatic rings. The molecule has 1 spiro atoms. The van der Waals surface area contributed by atoms with Crippen LogP contribution >= 0.6 is 0 Å². The Morgan fingerprint density at radius 2 is 2.11 bits per heavy atom. The third-order valence-corrected chi connectivity index (χ3v) is 7.72. The van der Waals surface area contributed by atoms with Crippen molar-refractivity contribution in [3.05, 3.63) is 12.7 Å². The van der Waals surface area contributed by atoms with Gasteiger partial charge in [0.15, 0.2) is 0 Å². The zero-order valence-electron chi connectivity index (χ0n) is 10.8. The molecule has 0 aromatic carbocycles. The molecule has 3 aliphatic rings. The third kappa shape index (κ3) is 1.12. The van der Waals surface area contributed by atoms with Gasteiger partial charge >= 0.3 is 0 Å². The molecule has 1 aliphatic heterocycles. The average Bonchev–Trinajstić information content (AvgIpc) is 2.74. The van der Waals surface area contributed by atoms with Gasteiger partial charge < -0.3 is 0 Å². The highest BCUT2D eigenvalue weighted by Crippen LogP contribution is 2.69. The second-order valence-electron chi connectivity index (χ2n) is 6.46. The minimum absolute atomic E-state index is 0.0148. The molecular formula is C13H19NO3S. The van der Waals surface area contributed by atoms with E-state index in [4.69, 9.17) is 0 Å². The van der Waals surface area contributed by atoms with Gasteiger partial charge in [-0.1, -0.05) is 20.4 Å². The molecule has 0 N–H and O–H groups in total. The quantitative estimate of drug-likeness (QED) is 0.678. The third-order valence-electron chi connectivity index (χ3n) is 5.80. The summed E-state index contributed by atoms with van der Waals surface area (Å²) in [4.78, 5) is 11.9. The Morgan fingerprint density at radius 1 is 1.44 bits per heavy atom. The van der Waals surface area contributed by atoms with Crippen LogP contribution < -0.4 is 0 Å². The predicted molar refractivity (Wildman–Crippen MR) is 68.2 cm³/mol. The van der Waals surface area contributed by atoms with Crippen LogP contribution in [0.25, 0.3) is 0 Å². The molecule has 0 radical (unpaired) electrons. The molecule has 18 heavy (non-hydrogen) atoms. The highest BCUT2D eigenvalue weighted by molar-refractivity contribution is 7.90. The summed E-state index contributed by atoms with van der Waals surface area (Å²) >= 11 is 0. The molecule has 0 aromatic heterocycles. The predicted octanol–water partition coefficient (Wildman–Crippen LogP) is 1.54. The van der Waals surface area contributed by atoms with Crippen LogP contribution in [-0.4, -0.2) is 30.4 Å². The van der Waals surface area contributed by atoms with Crippen molar-refractivity contribution in [2.75, 3.05) is 5.75 Å².